The van der Waals surface area contributed by atoms with Gasteiger partial charge in [-0.05, 0) is 41.2 Å². The molecule has 1 aromatic carbocycles. The average molecular weight is 584 g/mol. The van der Waals surface area contributed by atoms with E-state index in [0.717, 1.165) is 0 Å². The lowest BCUT2D eigenvalue weighted by Crippen LogP contribution is -2.61. The first-order valence-corrected chi connectivity index (χ1v) is 14.5. The Hall–Kier alpha value is -3.67. The number of benzene rings is 1. The summed E-state index contributed by atoms with van der Waals surface area (Å²) in [6, 6.07) is 3.97. The highest BCUT2D eigenvalue weighted by atomic mass is 16.5. The zero-order valence-electron chi connectivity index (χ0n) is 24.8. The fourth-order valence-corrected chi connectivity index (χ4v) is 6.59. The number of anilines is 1. The third kappa shape index (κ3) is 5.56. The summed E-state index contributed by atoms with van der Waals surface area (Å²) in [5.74, 6) is -2.30. The minimum absolute atomic E-state index is 0.0905. The number of primary amides is 1. The van der Waals surface area contributed by atoms with Gasteiger partial charge in [-0.15, -0.1) is 0 Å². The molecule has 5 amide bonds. The van der Waals surface area contributed by atoms with E-state index in [2.05, 4.69) is 29.8 Å². The quantitative estimate of drug-likeness (QED) is 0.351. The number of likely N-dealkylation sites (tertiary alicyclic amines) is 1. The first-order chi connectivity index (χ1) is 19.7. The van der Waals surface area contributed by atoms with E-state index >= 15 is 0 Å². The maximum absolute atomic E-state index is 14.1. The van der Waals surface area contributed by atoms with E-state index in [4.69, 9.17) is 15.2 Å². The number of nitrogens with zero attached hydrogens (tertiary/aromatic N) is 1. The maximum atomic E-state index is 14.1. The molecule has 3 heterocycles. The lowest BCUT2D eigenvalue weighted by molar-refractivity contribution is -0.146. The molecule has 0 bridgehead atoms. The molecular formula is C30H41N5O7. The summed E-state index contributed by atoms with van der Waals surface area (Å²) in [5, 5.41) is 8.40. The lowest BCUT2D eigenvalue weighted by atomic mass is 9.84. The fraction of sp³-hybridized carbons (Fsp3) is 0.633. The van der Waals surface area contributed by atoms with Crippen LogP contribution < -0.4 is 26.4 Å². The zero-order valence-corrected chi connectivity index (χ0v) is 24.8. The number of nitrogens with two attached hydrogens (primary N) is 1. The number of para-hydroxylation sites is 2. The molecule has 2 saturated heterocycles. The van der Waals surface area contributed by atoms with Crippen molar-refractivity contribution in [2.75, 3.05) is 25.1 Å². The van der Waals surface area contributed by atoms with E-state index in [0.29, 0.717) is 37.6 Å². The number of amides is 5. The summed E-state index contributed by atoms with van der Waals surface area (Å²) >= 11 is 0. The van der Waals surface area contributed by atoms with Crippen molar-refractivity contribution >= 4 is 35.2 Å². The van der Waals surface area contributed by atoms with Gasteiger partial charge in [0.1, 0.15) is 23.9 Å². The molecule has 3 unspecified atom stereocenters. The van der Waals surface area contributed by atoms with Crippen LogP contribution in [0.1, 0.15) is 47.5 Å². The molecule has 5 N–H and O–H groups in total. The van der Waals surface area contributed by atoms with Gasteiger partial charge in [0.05, 0.1) is 18.2 Å². The molecule has 5 rings (SSSR count). The van der Waals surface area contributed by atoms with E-state index < -0.39 is 47.4 Å². The first-order valence-electron chi connectivity index (χ1n) is 14.5. The van der Waals surface area contributed by atoms with Gasteiger partial charge in [-0.3, -0.25) is 24.0 Å². The van der Waals surface area contributed by atoms with Gasteiger partial charge in [-0.2, -0.15) is 0 Å². The van der Waals surface area contributed by atoms with Gasteiger partial charge in [0.2, 0.25) is 23.6 Å². The molecule has 1 aliphatic carbocycles. The minimum atomic E-state index is -1.21. The second-order valence-electron chi connectivity index (χ2n) is 13.5. The molecule has 0 aromatic heterocycles. The van der Waals surface area contributed by atoms with Crippen molar-refractivity contribution in [2.45, 2.75) is 71.7 Å². The average Bonchev–Trinajstić information content (AvgIpc) is 3.37. The molecule has 7 atom stereocenters. The minimum Gasteiger partial charge on any atom is -0.478 e. The Labute approximate surface area is 245 Å². The number of hydrogen-bond acceptors (Lipinski definition) is 7. The van der Waals surface area contributed by atoms with E-state index in [1.54, 1.807) is 24.3 Å². The number of fused-ring (bicyclic) bond motifs is 2. The fourth-order valence-electron chi connectivity index (χ4n) is 6.59. The van der Waals surface area contributed by atoms with Crippen molar-refractivity contribution in [3.8, 4) is 5.75 Å². The molecule has 1 aromatic rings. The third-order valence-corrected chi connectivity index (χ3v) is 9.28. The van der Waals surface area contributed by atoms with Crippen LogP contribution in [0.5, 0.6) is 5.75 Å². The second kappa shape index (κ2) is 10.9. The van der Waals surface area contributed by atoms with Gasteiger partial charge < -0.3 is 36.1 Å². The number of carbonyl (C=O) groups excluding carboxylic acids is 5. The van der Waals surface area contributed by atoms with Gasteiger partial charge in [0, 0.05) is 19.6 Å². The summed E-state index contributed by atoms with van der Waals surface area (Å²) < 4.78 is 11.2. The molecule has 4 aliphatic rings. The van der Waals surface area contributed by atoms with Crippen LogP contribution in [0.3, 0.4) is 0 Å². The van der Waals surface area contributed by atoms with E-state index in [1.165, 1.54) is 4.90 Å². The third-order valence-electron chi connectivity index (χ3n) is 9.28. The summed E-state index contributed by atoms with van der Waals surface area (Å²) in [6.07, 6.45) is -0.639. The molecule has 228 valence electrons. The Morgan fingerprint density at radius 3 is 2.50 bits per heavy atom. The van der Waals surface area contributed by atoms with Crippen LogP contribution >= 0.6 is 0 Å². The van der Waals surface area contributed by atoms with Crippen molar-refractivity contribution in [2.24, 2.45) is 34.3 Å². The predicted octanol–water partition coefficient (Wildman–Crippen LogP) is 0.797. The Balaban J connectivity index is 1.33. The van der Waals surface area contributed by atoms with Crippen molar-refractivity contribution in [1.82, 2.24) is 15.5 Å². The van der Waals surface area contributed by atoms with E-state index in [-0.39, 0.29) is 41.4 Å². The number of rotatable bonds is 8. The van der Waals surface area contributed by atoms with Crippen molar-refractivity contribution in [1.29, 1.82) is 0 Å². The summed E-state index contributed by atoms with van der Waals surface area (Å²) in [5.41, 5.74) is 5.38. The Morgan fingerprint density at radius 2 is 1.86 bits per heavy atom. The van der Waals surface area contributed by atoms with Crippen molar-refractivity contribution < 1.29 is 33.4 Å². The summed E-state index contributed by atoms with van der Waals surface area (Å²) in [6.45, 7) is 10.9. The van der Waals surface area contributed by atoms with Crippen LogP contribution in [0, 0.1) is 28.6 Å². The van der Waals surface area contributed by atoms with Crippen LogP contribution in [0.25, 0.3) is 0 Å². The lowest BCUT2D eigenvalue weighted by Gasteiger charge is -2.38. The highest BCUT2D eigenvalue weighted by Crippen LogP contribution is 2.65. The van der Waals surface area contributed by atoms with Crippen LogP contribution in [-0.2, 0) is 28.7 Å². The molecule has 12 nitrogen and oxygen atoms in total. The highest BCUT2D eigenvalue weighted by molar-refractivity contribution is 5.99. The van der Waals surface area contributed by atoms with E-state index in [9.17, 15) is 24.0 Å². The molecule has 3 fully saturated rings. The van der Waals surface area contributed by atoms with Crippen LogP contribution in [-0.4, -0.2) is 78.4 Å². The molecule has 12 heteroatoms. The SMILES string of the molecule is CC(C)(C)C(NC(=O)C1CCOC1)C(=O)N1C[C@H]2[C@@H]([C@H]1C(=O)NC(C[C@@H]1Oc3ccccc3NC1=O)C(N)=O)C2(C)C. The number of nitrogens with one attached hydrogen (secondary N) is 3. The van der Waals surface area contributed by atoms with Gasteiger partial charge in [0.25, 0.3) is 5.91 Å². The van der Waals surface area contributed by atoms with Crippen molar-refractivity contribution in [3.63, 3.8) is 0 Å². The number of carbonyl (C=O) groups is 5. The summed E-state index contributed by atoms with van der Waals surface area (Å²) in [4.78, 5) is 67.6. The monoisotopic (exact) mass is 583 g/mol. The largest absolute Gasteiger partial charge is 0.478 e. The zero-order chi connectivity index (χ0) is 30.6. The van der Waals surface area contributed by atoms with Gasteiger partial charge in [-0.25, -0.2) is 0 Å². The van der Waals surface area contributed by atoms with Crippen molar-refractivity contribution in [3.05, 3.63) is 24.3 Å². The Morgan fingerprint density at radius 1 is 1.14 bits per heavy atom. The smallest absolute Gasteiger partial charge is 0.265 e. The normalized spacial score (nSPS) is 28.8. The first kappa shape index (κ1) is 29.8. The molecule has 1 saturated carbocycles. The molecule has 0 spiro atoms. The Kier molecular flexibility index (Phi) is 7.71. The number of ether oxygens (including phenoxy) is 2. The summed E-state index contributed by atoms with van der Waals surface area (Å²) in [7, 11) is 0. The predicted molar refractivity (Wildman–Crippen MR) is 152 cm³/mol. The van der Waals surface area contributed by atoms with E-state index in [1.807, 2.05) is 20.8 Å². The maximum Gasteiger partial charge on any atom is 0.265 e. The van der Waals surface area contributed by atoms with Gasteiger partial charge >= 0.3 is 0 Å². The van der Waals surface area contributed by atoms with Crippen LogP contribution in [0.15, 0.2) is 24.3 Å². The second-order valence-corrected chi connectivity index (χ2v) is 13.5. The molecule has 0 radical (unpaired) electrons. The van der Waals surface area contributed by atoms with Gasteiger partial charge in [-0.1, -0.05) is 46.8 Å². The molecular weight excluding hydrogens is 542 g/mol. The highest BCUT2D eigenvalue weighted by Gasteiger charge is 2.70. The van der Waals surface area contributed by atoms with Gasteiger partial charge in [0.15, 0.2) is 6.10 Å². The number of hydrogen-bond donors (Lipinski definition) is 4. The Bertz CT molecular complexity index is 1280. The molecule has 42 heavy (non-hydrogen) atoms. The number of piperidine rings is 1. The standard InChI is InChI=1S/C30H41N5O7/c1-29(2,3)23(34-25(37)15-10-11-41-14-15)28(40)35-13-16-21(30(16,4)5)22(35)27(39)33-18(24(31)36)12-20-26(38)32-17-8-6-7-9-19(17)42-20/h6-9,15-16,18,20-23H,10-14H2,1-5H3,(H2,31,36)(H,32,38)(H,33,39)(H,34,37)/t15?,16-,18?,20-,21-,22-,23?/m0/s1. The van der Waals surface area contributed by atoms with Crippen LogP contribution in [0.4, 0.5) is 5.69 Å². The van der Waals surface area contributed by atoms with Crippen LogP contribution in [0.2, 0.25) is 0 Å². The topological polar surface area (TPSA) is 169 Å². The molecule has 3 aliphatic heterocycles.